The van der Waals surface area contributed by atoms with Crippen LogP contribution in [0.25, 0.3) is 110 Å². The standard InChI is InChI=1S/C50H32N2/c1-2-12-40-39(11-1)49(33-21-17-31(18-22-33)35-25-27-47-43(29-35)37-9-5-7-15-45(37)51-47)41-13-3-4-14-42(41)50(40)34-23-19-32(20-24-34)36-26-28-48-44(30-36)38-10-6-8-16-46(38)52-48/h1-30,51-52H. The van der Waals surface area contributed by atoms with Gasteiger partial charge in [-0.2, -0.15) is 0 Å². The maximum Gasteiger partial charge on any atom is 0.0465 e. The van der Waals surface area contributed by atoms with Crippen LogP contribution in [-0.4, -0.2) is 9.97 Å². The molecule has 2 nitrogen and oxygen atoms in total. The van der Waals surface area contributed by atoms with Crippen molar-refractivity contribution in [1.82, 2.24) is 9.97 Å². The summed E-state index contributed by atoms with van der Waals surface area (Å²) in [5.74, 6) is 0. The lowest BCUT2D eigenvalue weighted by Crippen LogP contribution is -1.91. The van der Waals surface area contributed by atoms with E-state index in [1.807, 2.05) is 0 Å². The number of nitrogens with one attached hydrogen (secondary N) is 2. The van der Waals surface area contributed by atoms with Crippen molar-refractivity contribution in [3.8, 4) is 44.5 Å². The Bertz CT molecular complexity index is 2890. The summed E-state index contributed by atoms with van der Waals surface area (Å²) < 4.78 is 0. The molecule has 2 heteroatoms. The maximum absolute atomic E-state index is 3.56. The minimum absolute atomic E-state index is 1.17. The van der Waals surface area contributed by atoms with Gasteiger partial charge >= 0.3 is 0 Å². The maximum atomic E-state index is 3.56. The number of para-hydroxylation sites is 2. The van der Waals surface area contributed by atoms with Crippen molar-refractivity contribution >= 4 is 65.2 Å². The summed E-state index contributed by atoms with van der Waals surface area (Å²) in [4.78, 5) is 7.11. The molecule has 0 aliphatic carbocycles. The van der Waals surface area contributed by atoms with Gasteiger partial charge < -0.3 is 9.97 Å². The van der Waals surface area contributed by atoms with Crippen LogP contribution < -0.4 is 0 Å². The molecule has 9 aromatic carbocycles. The van der Waals surface area contributed by atoms with Crippen LogP contribution in [0.4, 0.5) is 0 Å². The summed E-state index contributed by atoms with van der Waals surface area (Å²) >= 11 is 0. The highest BCUT2D eigenvalue weighted by Crippen LogP contribution is 2.44. The van der Waals surface area contributed by atoms with Crippen molar-refractivity contribution in [2.75, 3.05) is 0 Å². The highest BCUT2D eigenvalue weighted by atomic mass is 14.7. The summed E-state index contributed by atoms with van der Waals surface area (Å²) in [7, 11) is 0. The first-order valence-electron chi connectivity index (χ1n) is 17.9. The van der Waals surface area contributed by atoms with Crippen LogP contribution in [0.2, 0.25) is 0 Å². The zero-order chi connectivity index (χ0) is 34.2. The van der Waals surface area contributed by atoms with E-state index in [2.05, 4.69) is 192 Å². The van der Waals surface area contributed by atoms with E-state index in [-0.39, 0.29) is 0 Å². The molecule has 0 amide bonds. The van der Waals surface area contributed by atoms with Crippen LogP contribution in [-0.2, 0) is 0 Å². The van der Waals surface area contributed by atoms with Gasteiger partial charge in [0, 0.05) is 43.6 Å². The summed E-state index contributed by atoms with van der Waals surface area (Å²) in [6.45, 7) is 0. The number of benzene rings is 9. The van der Waals surface area contributed by atoms with E-state index in [9.17, 15) is 0 Å². The molecule has 11 rings (SSSR count). The average molecular weight is 661 g/mol. The zero-order valence-electron chi connectivity index (χ0n) is 28.3. The van der Waals surface area contributed by atoms with Gasteiger partial charge in [-0.3, -0.25) is 0 Å². The van der Waals surface area contributed by atoms with E-state index < -0.39 is 0 Å². The summed E-state index contributed by atoms with van der Waals surface area (Å²) in [6.07, 6.45) is 0. The van der Waals surface area contributed by atoms with Gasteiger partial charge in [-0.1, -0.05) is 146 Å². The molecule has 0 atom stereocenters. The smallest absolute Gasteiger partial charge is 0.0465 e. The summed E-state index contributed by atoms with van der Waals surface area (Å²) in [6, 6.07) is 66.6. The Kier molecular flexibility index (Phi) is 6.28. The molecule has 242 valence electrons. The van der Waals surface area contributed by atoms with E-state index in [0.29, 0.717) is 0 Å². The second-order valence-electron chi connectivity index (χ2n) is 13.9. The molecular weight excluding hydrogens is 629 g/mol. The quantitative estimate of drug-likeness (QED) is 0.176. The molecule has 2 N–H and O–H groups in total. The summed E-state index contributed by atoms with van der Waals surface area (Å²) in [5.41, 5.74) is 14.5. The third kappa shape index (κ3) is 4.44. The van der Waals surface area contributed by atoms with E-state index in [1.165, 1.54) is 110 Å². The van der Waals surface area contributed by atoms with Crippen molar-refractivity contribution in [3.63, 3.8) is 0 Å². The number of hydrogen-bond acceptors (Lipinski definition) is 0. The lowest BCUT2D eigenvalue weighted by Gasteiger charge is -2.18. The Labute approximate surface area is 300 Å². The third-order valence-corrected chi connectivity index (χ3v) is 11.0. The van der Waals surface area contributed by atoms with Crippen molar-refractivity contribution in [3.05, 3.63) is 182 Å². The fraction of sp³-hybridized carbons (Fsp3) is 0. The highest BCUT2D eigenvalue weighted by molar-refractivity contribution is 6.21. The van der Waals surface area contributed by atoms with Gasteiger partial charge in [0.2, 0.25) is 0 Å². The van der Waals surface area contributed by atoms with Crippen molar-refractivity contribution < 1.29 is 0 Å². The van der Waals surface area contributed by atoms with Crippen LogP contribution >= 0.6 is 0 Å². The van der Waals surface area contributed by atoms with Crippen molar-refractivity contribution in [2.45, 2.75) is 0 Å². The predicted octanol–water partition coefficient (Wildman–Crippen LogP) is 13.9. The number of H-pyrrole nitrogens is 2. The fourth-order valence-electron chi connectivity index (χ4n) is 8.46. The number of rotatable bonds is 4. The molecule has 0 radical (unpaired) electrons. The SMILES string of the molecule is c1ccc2c(c1)[nH]c1ccc(-c3ccc(-c4c5ccccc5c(-c5ccc(-c6ccc7[nH]c8ccccc8c7c6)cc5)c5ccccc45)cc3)cc12. The molecular formula is C50H32N2. The first-order chi connectivity index (χ1) is 25.8. The van der Waals surface area contributed by atoms with Crippen LogP contribution in [0.3, 0.4) is 0 Å². The summed E-state index contributed by atoms with van der Waals surface area (Å²) in [5, 5.41) is 10.1. The molecule has 2 heterocycles. The Hall–Kier alpha value is -6.90. The Balaban J connectivity index is 1.01. The lowest BCUT2D eigenvalue weighted by atomic mass is 9.85. The van der Waals surface area contributed by atoms with E-state index in [1.54, 1.807) is 0 Å². The van der Waals surface area contributed by atoms with Crippen molar-refractivity contribution in [1.29, 1.82) is 0 Å². The fourth-order valence-corrected chi connectivity index (χ4v) is 8.46. The third-order valence-electron chi connectivity index (χ3n) is 11.0. The zero-order valence-corrected chi connectivity index (χ0v) is 28.3. The van der Waals surface area contributed by atoms with Gasteiger partial charge in [0.15, 0.2) is 0 Å². The van der Waals surface area contributed by atoms with E-state index in [0.717, 1.165) is 0 Å². The van der Waals surface area contributed by atoms with Crippen molar-refractivity contribution in [2.24, 2.45) is 0 Å². The molecule has 11 aromatic rings. The Morgan fingerprint density at radius 1 is 0.212 bits per heavy atom. The van der Waals surface area contributed by atoms with E-state index in [4.69, 9.17) is 0 Å². The average Bonchev–Trinajstić information content (AvgIpc) is 3.78. The van der Waals surface area contributed by atoms with Gasteiger partial charge in [-0.15, -0.1) is 0 Å². The Morgan fingerprint density at radius 3 is 0.885 bits per heavy atom. The predicted molar refractivity (Wildman–Crippen MR) is 222 cm³/mol. The molecule has 52 heavy (non-hydrogen) atoms. The minimum Gasteiger partial charge on any atom is -0.355 e. The van der Waals surface area contributed by atoms with Crippen LogP contribution in [0.1, 0.15) is 0 Å². The number of aromatic nitrogens is 2. The normalized spacial score (nSPS) is 11.8. The first-order valence-corrected chi connectivity index (χ1v) is 17.9. The topological polar surface area (TPSA) is 31.6 Å². The Morgan fingerprint density at radius 2 is 0.500 bits per heavy atom. The molecule has 0 aliphatic rings. The number of hydrogen-bond donors (Lipinski definition) is 2. The van der Waals surface area contributed by atoms with Crippen LogP contribution in [0.5, 0.6) is 0 Å². The minimum atomic E-state index is 1.17. The molecule has 0 saturated heterocycles. The van der Waals surface area contributed by atoms with Crippen LogP contribution in [0.15, 0.2) is 182 Å². The molecule has 0 aliphatic heterocycles. The molecule has 0 unspecified atom stereocenters. The molecule has 0 saturated carbocycles. The molecule has 0 spiro atoms. The molecule has 0 bridgehead atoms. The second kappa shape index (κ2) is 11.3. The lowest BCUT2D eigenvalue weighted by molar-refractivity contribution is 1.54. The van der Waals surface area contributed by atoms with Gasteiger partial charge in [0.1, 0.15) is 0 Å². The largest absolute Gasteiger partial charge is 0.355 e. The van der Waals surface area contributed by atoms with Crippen LogP contribution in [0, 0.1) is 0 Å². The second-order valence-corrected chi connectivity index (χ2v) is 13.9. The first kappa shape index (κ1) is 28.9. The monoisotopic (exact) mass is 660 g/mol. The molecule has 0 fully saturated rings. The number of fused-ring (bicyclic) bond motifs is 8. The van der Waals surface area contributed by atoms with Gasteiger partial charge in [-0.25, -0.2) is 0 Å². The highest BCUT2D eigenvalue weighted by Gasteiger charge is 2.17. The molecule has 2 aromatic heterocycles. The van der Waals surface area contributed by atoms with Gasteiger partial charge in [-0.05, 0) is 102 Å². The van der Waals surface area contributed by atoms with Gasteiger partial charge in [0.25, 0.3) is 0 Å². The number of aromatic amines is 2. The van der Waals surface area contributed by atoms with Gasteiger partial charge in [0.05, 0.1) is 0 Å². The van der Waals surface area contributed by atoms with E-state index >= 15 is 0 Å².